The average molecular weight is 364 g/mol. The maximum Gasteiger partial charge on any atom is 0.414 e. The van der Waals surface area contributed by atoms with Crippen molar-refractivity contribution in [2.75, 3.05) is 6.54 Å². The highest BCUT2D eigenvalue weighted by atomic mass is 32.2. The monoisotopic (exact) mass is 364 g/mol. The molecule has 0 aliphatic carbocycles. The predicted molar refractivity (Wildman–Crippen MR) is 91.1 cm³/mol. The van der Waals surface area contributed by atoms with Gasteiger partial charge in [-0.3, -0.25) is 3.97 Å². The fourth-order valence-electron chi connectivity index (χ4n) is 3.21. The summed E-state index contributed by atoms with van der Waals surface area (Å²) < 4.78 is 41.7. The molecule has 0 radical (unpaired) electrons. The van der Waals surface area contributed by atoms with Gasteiger partial charge in [-0.1, -0.05) is 24.3 Å². The largest absolute Gasteiger partial charge is 0.414 e. The number of halogens is 3. The number of nitrogens with one attached hydrogen (secondary N) is 1. The van der Waals surface area contributed by atoms with Gasteiger partial charge in [0.15, 0.2) is 0 Å². The van der Waals surface area contributed by atoms with Crippen LogP contribution in [0.2, 0.25) is 0 Å². The van der Waals surface area contributed by atoms with Gasteiger partial charge in [-0.25, -0.2) is 0 Å². The van der Waals surface area contributed by atoms with Crippen molar-refractivity contribution in [3.8, 4) is 0 Å². The lowest BCUT2D eigenvalue weighted by atomic mass is 10.1. The summed E-state index contributed by atoms with van der Waals surface area (Å²) in [6, 6.07) is 11.8. The molecule has 0 bridgehead atoms. The number of benzene rings is 2. The Bertz CT molecular complexity index is 926. The van der Waals surface area contributed by atoms with Gasteiger partial charge in [0.1, 0.15) is 0 Å². The lowest BCUT2D eigenvalue weighted by molar-refractivity contribution is -0.365. The number of aromatic nitrogens is 1. The molecule has 0 unspecified atom stereocenters. The molecule has 1 N–H and O–H groups in total. The van der Waals surface area contributed by atoms with Crippen LogP contribution in [0.1, 0.15) is 16.7 Å². The van der Waals surface area contributed by atoms with Crippen molar-refractivity contribution in [3.63, 3.8) is 0 Å². The first-order valence-corrected chi connectivity index (χ1v) is 8.65. The molecule has 0 atom stereocenters. The first-order valence-electron chi connectivity index (χ1n) is 7.88. The maximum atomic E-state index is 13.7. The summed E-state index contributed by atoms with van der Waals surface area (Å²) in [4.78, 5) is 3.14. The second-order valence-corrected chi connectivity index (χ2v) is 6.92. The third-order valence-corrected chi connectivity index (χ3v) is 5.39. The van der Waals surface area contributed by atoms with Crippen LogP contribution in [0.3, 0.4) is 0 Å². The van der Waals surface area contributed by atoms with E-state index >= 15 is 0 Å². The smallest absolute Gasteiger partial charge is 0.312 e. The van der Waals surface area contributed by atoms with E-state index in [-0.39, 0.29) is 4.90 Å². The normalized spacial score (nSPS) is 14.7. The molecule has 0 saturated heterocycles. The van der Waals surface area contributed by atoms with Gasteiger partial charge in [-0.2, -0.15) is 8.78 Å². The molecular formula is C18H15F3N2OS. The molecule has 4 rings (SSSR count). The van der Waals surface area contributed by atoms with E-state index in [0.717, 1.165) is 42.4 Å². The fraction of sp³-hybridized carbons (Fsp3) is 0.222. The van der Waals surface area contributed by atoms with E-state index in [1.807, 2.05) is 22.3 Å². The molecule has 0 fully saturated rings. The molecule has 7 heteroatoms. The topological polar surface area (TPSA) is 26.2 Å². The third kappa shape index (κ3) is 2.92. The van der Waals surface area contributed by atoms with Crippen LogP contribution in [0.5, 0.6) is 0 Å². The quantitative estimate of drug-likeness (QED) is 0.721. The van der Waals surface area contributed by atoms with Crippen LogP contribution in [-0.2, 0) is 24.0 Å². The van der Waals surface area contributed by atoms with Crippen molar-refractivity contribution in [1.29, 1.82) is 0 Å². The van der Waals surface area contributed by atoms with Gasteiger partial charge in [0.05, 0.1) is 11.1 Å². The zero-order valence-corrected chi connectivity index (χ0v) is 14.0. The standard InChI is InChI=1S/C18H15F3N2OS/c19-18(20,24-21)14-5-1-2-7-16(14)25-23-11-13-8-9-22-10-12-4-3-6-15(23)17(12)13/h1-7,11,22H,8-10H2. The van der Waals surface area contributed by atoms with Gasteiger partial charge in [-0.05, 0) is 58.8 Å². The number of rotatable bonds is 4. The maximum absolute atomic E-state index is 13.7. The number of nitrogens with zero attached hydrogens (tertiary/aromatic N) is 1. The van der Waals surface area contributed by atoms with E-state index in [4.69, 9.17) is 0 Å². The molecule has 2 heterocycles. The Morgan fingerprint density at radius 3 is 2.76 bits per heavy atom. The highest BCUT2D eigenvalue weighted by Crippen LogP contribution is 2.39. The lowest BCUT2D eigenvalue weighted by Crippen LogP contribution is -2.15. The van der Waals surface area contributed by atoms with Crippen LogP contribution < -0.4 is 5.32 Å². The Labute approximate surface area is 146 Å². The molecule has 0 amide bonds. The van der Waals surface area contributed by atoms with E-state index < -0.39 is 11.7 Å². The van der Waals surface area contributed by atoms with Crippen LogP contribution in [0, 0.1) is 0 Å². The number of hydrogen-bond acceptors (Lipinski definition) is 3. The molecule has 3 aromatic rings. The zero-order valence-electron chi connectivity index (χ0n) is 13.1. The Hall–Kier alpha value is -1.96. The van der Waals surface area contributed by atoms with Crippen LogP contribution in [0.4, 0.5) is 13.3 Å². The van der Waals surface area contributed by atoms with Crippen LogP contribution in [-0.4, -0.2) is 10.5 Å². The van der Waals surface area contributed by atoms with E-state index in [2.05, 4.69) is 16.3 Å². The van der Waals surface area contributed by atoms with Gasteiger partial charge in [0.25, 0.3) is 0 Å². The summed E-state index contributed by atoms with van der Waals surface area (Å²) in [5, 5.41) is 4.53. The van der Waals surface area contributed by atoms with E-state index in [1.54, 1.807) is 6.07 Å². The summed E-state index contributed by atoms with van der Waals surface area (Å²) in [6.45, 7) is 1.65. The molecule has 1 aromatic heterocycles. The van der Waals surface area contributed by atoms with Crippen molar-refractivity contribution < 1.29 is 18.2 Å². The fourth-order valence-corrected chi connectivity index (χ4v) is 4.28. The van der Waals surface area contributed by atoms with Gasteiger partial charge < -0.3 is 5.32 Å². The van der Waals surface area contributed by atoms with Crippen molar-refractivity contribution in [2.45, 2.75) is 24.0 Å². The van der Waals surface area contributed by atoms with E-state index in [9.17, 15) is 13.3 Å². The molecule has 3 nitrogen and oxygen atoms in total. The van der Waals surface area contributed by atoms with Gasteiger partial charge in [0.2, 0.25) is 0 Å². The Morgan fingerprint density at radius 2 is 1.92 bits per heavy atom. The second kappa shape index (κ2) is 6.40. The minimum absolute atomic E-state index is 0.245. The molecule has 25 heavy (non-hydrogen) atoms. The van der Waals surface area contributed by atoms with Crippen molar-refractivity contribution in [2.24, 2.45) is 0 Å². The van der Waals surface area contributed by atoms with Gasteiger partial charge >= 0.3 is 6.11 Å². The minimum atomic E-state index is -3.98. The third-order valence-electron chi connectivity index (χ3n) is 4.34. The number of alkyl halides is 2. The highest BCUT2D eigenvalue weighted by Gasteiger charge is 2.37. The van der Waals surface area contributed by atoms with Crippen molar-refractivity contribution >= 4 is 22.9 Å². The molecule has 1 aliphatic heterocycles. The minimum Gasteiger partial charge on any atom is -0.312 e. The summed E-state index contributed by atoms with van der Waals surface area (Å²) in [5.74, 6) is 0. The van der Waals surface area contributed by atoms with Crippen LogP contribution in [0.25, 0.3) is 10.9 Å². The van der Waals surface area contributed by atoms with E-state index in [1.165, 1.54) is 29.3 Å². The first-order chi connectivity index (χ1) is 12.1. The first kappa shape index (κ1) is 16.5. The molecule has 0 saturated carbocycles. The molecule has 1 aliphatic rings. The summed E-state index contributed by atoms with van der Waals surface area (Å²) in [5.41, 5.74) is 2.83. The lowest BCUT2D eigenvalue weighted by Gasteiger charge is -2.15. The van der Waals surface area contributed by atoms with Crippen molar-refractivity contribution in [3.05, 3.63) is 65.4 Å². The van der Waals surface area contributed by atoms with E-state index in [0.29, 0.717) is 0 Å². The predicted octanol–water partition coefficient (Wildman–Crippen LogP) is 4.79. The summed E-state index contributed by atoms with van der Waals surface area (Å²) in [7, 11) is 0. The SMILES string of the molecule is FOC(F)(F)c1ccccc1Sn1cc2c3c(cccc31)CNCC2. The number of hydrogen-bond donors (Lipinski definition) is 1. The molecule has 130 valence electrons. The average Bonchev–Trinajstić information content (AvgIpc) is 2.83. The molecule has 0 spiro atoms. The second-order valence-electron chi connectivity index (χ2n) is 5.90. The van der Waals surface area contributed by atoms with Crippen molar-refractivity contribution in [1.82, 2.24) is 9.29 Å². The highest BCUT2D eigenvalue weighted by molar-refractivity contribution is 7.98. The molecule has 2 aromatic carbocycles. The zero-order chi connectivity index (χ0) is 17.4. The van der Waals surface area contributed by atoms with Crippen LogP contribution in [0.15, 0.2) is 53.6 Å². The van der Waals surface area contributed by atoms with Crippen LogP contribution >= 0.6 is 11.9 Å². The van der Waals surface area contributed by atoms with Gasteiger partial charge in [-0.15, -0.1) is 4.94 Å². The Kier molecular flexibility index (Phi) is 4.23. The summed E-state index contributed by atoms with van der Waals surface area (Å²) >= 11 is 1.14. The molecular weight excluding hydrogens is 349 g/mol. The summed E-state index contributed by atoms with van der Waals surface area (Å²) in [6.07, 6.45) is -1.14. The van der Waals surface area contributed by atoms with Gasteiger partial charge in [0, 0.05) is 23.0 Å². The Balaban J connectivity index is 1.81. The Morgan fingerprint density at radius 1 is 1.08 bits per heavy atom.